The van der Waals surface area contributed by atoms with E-state index in [4.69, 9.17) is 10.5 Å². The summed E-state index contributed by atoms with van der Waals surface area (Å²) in [5.41, 5.74) is 8.02. The van der Waals surface area contributed by atoms with Crippen LogP contribution in [0.4, 0.5) is 5.69 Å². The molecular weight excluding hydrogens is 278 g/mol. The van der Waals surface area contributed by atoms with E-state index in [1.165, 1.54) is 0 Å². The Hall–Kier alpha value is -1.59. The number of rotatable bonds is 6. The third-order valence-corrected chi connectivity index (χ3v) is 4.05. The fourth-order valence-corrected chi connectivity index (χ4v) is 2.67. The number of ether oxygens (including phenoxy) is 1. The van der Waals surface area contributed by atoms with Crippen molar-refractivity contribution in [2.24, 2.45) is 5.73 Å². The second-order valence-electron chi connectivity index (χ2n) is 6.15. The first kappa shape index (κ1) is 16.8. The van der Waals surface area contributed by atoms with E-state index in [1.54, 1.807) is 6.92 Å². The lowest BCUT2D eigenvalue weighted by Gasteiger charge is -2.34. The quantitative estimate of drug-likeness (QED) is 0.875. The Morgan fingerprint density at radius 2 is 2.14 bits per heavy atom. The number of nitrogens with two attached hydrogens (primary N) is 1. The zero-order chi connectivity index (χ0) is 16.3. The predicted molar refractivity (Wildman–Crippen MR) is 89.3 cm³/mol. The number of fused-ring (bicyclic) bond motifs is 1. The maximum absolute atomic E-state index is 12.5. The molecule has 0 spiro atoms. The molecule has 2 unspecified atom stereocenters. The molecule has 1 aliphatic heterocycles. The molecule has 2 N–H and O–H groups in total. The van der Waals surface area contributed by atoms with Crippen molar-refractivity contribution in [3.05, 3.63) is 23.8 Å². The average molecular weight is 305 g/mol. The Balaban J connectivity index is 2.27. The number of carbonyl (C=O) groups is 1. The Kier molecular flexibility index (Phi) is 5.42. The van der Waals surface area contributed by atoms with Crippen molar-refractivity contribution in [3.63, 3.8) is 0 Å². The highest BCUT2D eigenvalue weighted by atomic mass is 16.5. The Morgan fingerprint density at radius 1 is 1.41 bits per heavy atom. The van der Waals surface area contributed by atoms with Crippen LogP contribution in [-0.2, 0) is 4.79 Å². The zero-order valence-electron chi connectivity index (χ0n) is 14.0. The van der Waals surface area contributed by atoms with Gasteiger partial charge >= 0.3 is 0 Å². The van der Waals surface area contributed by atoms with E-state index >= 15 is 0 Å². The molecule has 5 heteroatoms. The van der Waals surface area contributed by atoms with Crippen LogP contribution in [0.1, 0.15) is 38.3 Å². The molecule has 1 aliphatic rings. The van der Waals surface area contributed by atoms with Crippen molar-refractivity contribution in [1.29, 1.82) is 0 Å². The number of carbonyl (C=O) groups excluding carboxylic acids is 1. The summed E-state index contributed by atoms with van der Waals surface area (Å²) in [5.74, 6) is 0.789. The van der Waals surface area contributed by atoms with Crippen molar-refractivity contribution in [1.82, 2.24) is 4.90 Å². The van der Waals surface area contributed by atoms with Gasteiger partial charge in [0.2, 0.25) is 0 Å². The van der Waals surface area contributed by atoms with Gasteiger partial charge in [-0.05, 0) is 58.1 Å². The van der Waals surface area contributed by atoms with Gasteiger partial charge < -0.3 is 20.3 Å². The average Bonchev–Trinajstić information content (AvgIpc) is 2.49. The number of hydrogen-bond acceptors (Lipinski definition) is 4. The van der Waals surface area contributed by atoms with Crippen LogP contribution >= 0.6 is 0 Å². The normalized spacial score (nSPS) is 19.1. The van der Waals surface area contributed by atoms with Gasteiger partial charge in [-0.15, -0.1) is 0 Å². The molecule has 0 aliphatic carbocycles. The molecule has 0 saturated heterocycles. The van der Waals surface area contributed by atoms with Crippen LogP contribution in [0.2, 0.25) is 0 Å². The van der Waals surface area contributed by atoms with Gasteiger partial charge in [0.1, 0.15) is 5.75 Å². The van der Waals surface area contributed by atoms with Crippen LogP contribution in [0.5, 0.6) is 5.75 Å². The van der Waals surface area contributed by atoms with Crippen molar-refractivity contribution < 1.29 is 9.53 Å². The van der Waals surface area contributed by atoms with Gasteiger partial charge in [-0.1, -0.05) is 13.0 Å². The summed E-state index contributed by atoms with van der Waals surface area (Å²) in [6, 6.07) is 5.92. The van der Waals surface area contributed by atoms with E-state index in [9.17, 15) is 4.79 Å². The summed E-state index contributed by atoms with van der Waals surface area (Å²) in [7, 11) is 4.08. The van der Waals surface area contributed by atoms with Gasteiger partial charge in [0.15, 0.2) is 6.10 Å². The lowest BCUT2D eigenvalue weighted by atomic mass is 10.0. The third-order valence-electron chi connectivity index (χ3n) is 4.05. The molecule has 1 aromatic carbocycles. The molecule has 0 bridgehead atoms. The standard InChI is InChI=1S/C17H27N3O2/c1-5-14(18)13-7-8-16-15(11-13)20(10-6-9-19(3)4)17(21)12(2)22-16/h7-8,11-12,14H,5-6,9-10,18H2,1-4H3. The zero-order valence-corrected chi connectivity index (χ0v) is 14.0. The highest BCUT2D eigenvalue weighted by Gasteiger charge is 2.31. The van der Waals surface area contributed by atoms with Gasteiger partial charge in [-0.3, -0.25) is 4.79 Å². The van der Waals surface area contributed by atoms with Gasteiger partial charge in [0.25, 0.3) is 5.91 Å². The van der Waals surface area contributed by atoms with Gasteiger partial charge in [0.05, 0.1) is 5.69 Å². The molecule has 0 aromatic heterocycles. The molecule has 0 saturated carbocycles. The minimum atomic E-state index is -0.433. The molecule has 1 heterocycles. The first-order chi connectivity index (χ1) is 10.4. The van der Waals surface area contributed by atoms with E-state index in [1.807, 2.05) is 37.2 Å². The molecular formula is C17H27N3O2. The Morgan fingerprint density at radius 3 is 2.77 bits per heavy atom. The van der Waals surface area contributed by atoms with Gasteiger partial charge in [-0.2, -0.15) is 0 Å². The van der Waals surface area contributed by atoms with Gasteiger partial charge in [-0.25, -0.2) is 0 Å². The minimum absolute atomic E-state index is 0.0108. The van der Waals surface area contributed by atoms with Crippen molar-refractivity contribution in [2.75, 3.05) is 32.1 Å². The van der Waals surface area contributed by atoms with Crippen LogP contribution in [-0.4, -0.2) is 44.1 Å². The fourth-order valence-electron chi connectivity index (χ4n) is 2.67. The third kappa shape index (κ3) is 3.59. The topological polar surface area (TPSA) is 58.8 Å². The van der Waals surface area contributed by atoms with Crippen LogP contribution in [0.15, 0.2) is 18.2 Å². The first-order valence-electron chi connectivity index (χ1n) is 7.96. The Labute approximate surface area is 133 Å². The molecule has 1 aromatic rings. The fraction of sp³-hybridized carbons (Fsp3) is 0.588. The van der Waals surface area contributed by atoms with Crippen LogP contribution in [0.25, 0.3) is 0 Å². The van der Waals surface area contributed by atoms with Crippen LogP contribution in [0.3, 0.4) is 0 Å². The van der Waals surface area contributed by atoms with Crippen molar-refractivity contribution >= 4 is 11.6 Å². The maximum atomic E-state index is 12.5. The summed E-state index contributed by atoms with van der Waals surface area (Å²) in [6.45, 7) is 5.50. The molecule has 22 heavy (non-hydrogen) atoms. The van der Waals surface area contributed by atoms with Crippen LogP contribution < -0.4 is 15.4 Å². The van der Waals surface area contributed by atoms with Gasteiger partial charge in [0, 0.05) is 12.6 Å². The summed E-state index contributed by atoms with van der Waals surface area (Å²) in [4.78, 5) is 16.4. The molecule has 1 amide bonds. The lowest BCUT2D eigenvalue weighted by Crippen LogP contribution is -2.45. The minimum Gasteiger partial charge on any atom is -0.479 e. The molecule has 0 fully saturated rings. The monoisotopic (exact) mass is 305 g/mol. The van der Waals surface area contributed by atoms with Crippen molar-refractivity contribution in [2.45, 2.75) is 38.8 Å². The van der Waals surface area contributed by atoms with E-state index < -0.39 is 6.10 Å². The Bertz CT molecular complexity index is 531. The smallest absolute Gasteiger partial charge is 0.267 e. The number of hydrogen-bond donors (Lipinski definition) is 1. The highest BCUT2D eigenvalue weighted by Crippen LogP contribution is 2.36. The van der Waals surface area contributed by atoms with E-state index in [0.29, 0.717) is 6.54 Å². The van der Waals surface area contributed by atoms with Crippen LogP contribution in [0, 0.1) is 0 Å². The molecule has 122 valence electrons. The van der Waals surface area contributed by atoms with Crippen molar-refractivity contribution in [3.8, 4) is 5.75 Å². The number of benzene rings is 1. The highest BCUT2D eigenvalue weighted by molar-refractivity contribution is 5.99. The number of nitrogens with zero attached hydrogens (tertiary/aromatic N) is 2. The molecule has 5 nitrogen and oxygen atoms in total. The summed E-state index contributed by atoms with van der Waals surface area (Å²) >= 11 is 0. The van der Waals surface area contributed by atoms with E-state index in [-0.39, 0.29) is 11.9 Å². The molecule has 2 atom stereocenters. The molecule has 0 radical (unpaired) electrons. The maximum Gasteiger partial charge on any atom is 0.267 e. The SMILES string of the molecule is CCC(N)c1ccc2c(c1)N(CCCN(C)C)C(=O)C(C)O2. The van der Waals surface area contributed by atoms with E-state index in [2.05, 4.69) is 11.8 Å². The predicted octanol–water partition coefficient (Wildman–Crippen LogP) is 2.16. The number of amides is 1. The summed E-state index contributed by atoms with van der Waals surface area (Å²) in [5, 5.41) is 0. The number of anilines is 1. The van der Waals surface area contributed by atoms with E-state index in [0.717, 1.165) is 36.4 Å². The molecule has 2 rings (SSSR count). The summed E-state index contributed by atoms with van der Waals surface area (Å²) in [6.07, 6.45) is 1.36. The lowest BCUT2D eigenvalue weighted by molar-refractivity contribution is -0.125. The second kappa shape index (κ2) is 7.11. The largest absolute Gasteiger partial charge is 0.479 e. The summed E-state index contributed by atoms with van der Waals surface area (Å²) < 4.78 is 5.73. The second-order valence-corrected chi connectivity index (χ2v) is 6.15. The first-order valence-corrected chi connectivity index (χ1v) is 7.96.